The first-order valence-corrected chi connectivity index (χ1v) is 9.61. The van der Waals surface area contributed by atoms with Crippen molar-refractivity contribution in [1.29, 1.82) is 5.26 Å². The molecule has 2 aromatic rings. The number of anilines is 1. The zero-order valence-electron chi connectivity index (χ0n) is 17.2. The summed E-state index contributed by atoms with van der Waals surface area (Å²) in [7, 11) is 1.94. The van der Waals surface area contributed by atoms with Crippen molar-refractivity contribution >= 4 is 11.6 Å². The second-order valence-corrected chi connectivity index (χ2v) is 7.88. The second-order valence-electron chi connectivity index (χ2n) is 7.88. The van der Waals surface area contributed by atoms with Crippen molar-refractivity contribution in [3.05, 3.63) is 41.0 Å². The number of aryl methyl sites for hydroxylation is 2. The van der Waals surface area contributed by atoms with Gasteiger partial charge in [0.1, 0.15) is 11.5 Å². The van der Waals surface area contributed by atoms with Gasteiger partial charge in [0.15, 0.2) is 5.76 Å². The summed E-state index contributed by atoms with van der Waals surface area (Å²) >= 11 is 0. The molecule has 0 bridgehead atoms. The Labute approximate surface area is 165 Å². The summed E-state index contributed by atoms with van der Waals surface area (Å²) in [5, 5.41) is 13.3. The largest absolute Gasteiger partial charge is 0.372 e. The third kappa shape index (κ3) is 3.72. The van der Waals surface area contributed by atoms with Gasteiger partial charge in [0, 0.05) is 44.1 Å². The lowest BCUT2D eigenvalue weighted by Gasteiger charge is -2.32. The lowest BCUT2D eigenvalue weighted by Crippen LogP contribution is -2.46. The van der Waals surface area contributed by atoms with E-state index in [-0.39, 0.29) is 11.9 Å². The summed E-state index contributed by atoms with van der Waals surface area (Å²) < 4.78 is 5.43. The first-order valence-electron chi connectivity index (χ1n) is 9.61. The summed E-state index contributed by atoms with van der Waals surface area (Å²) in [6.07, 6.45) is 3.18. The molecule has 0 saturated heterocycles. The molecule has 28 heavy (non-hydrogen) atoms. The highest BCUT2D eigenvalue weighted by Crippen LogP contribution is 2.50. The topological polar surface area (TPSA) is 86.3 Å². The van der Waals surface area contributed by atoms with E-state index in [1.807, 2.05) is 56.7 Å². The zero-order valence-corrected chi connectivity index (χ0v) is 17.2. The van der Waals surface area contributed by atoms with Gasteiger partial charge in [-0.15, -0.1) is 0 Å². The van der Waals surface area contributed by atoms with Gasteiger partial charge in [-0.1, -0.05) is 5.16 Å². The highest BCUT2D eigenvalue weighted by Gasteiger charge is 2.56. The van der Waals surface area contributed by atoms with Gasteiger partial charge < -0.3 is 14.3 Å². The molecule has 1 saturated carbocycles. The first-order chi connectivity index (χ1) is 13.3. The monoisotopic (exact) mass is 381 g/mol. The maximum absolute atomic E-state index is 13.4. The normalized spacial score (nSPS) is 14.6. The minimum absolute atomic E-state index is 0.0667. The summed E-state index contributed by atoms with van der Waals surface area (Å²) in [6.45, 7) is 9.00. The van der Waals surface area contributed by atoms with Crippen LogP contribution in [0.3, 0.4) is 0 Å². The third-order valence-electron chi connectivity index (χ3n) is 5.37. The van der Waals surface area contributed by atoms with E-state index < -0.39 is 5.41 Å². The van der Waals surface area contributed by atoms with Gasteiger partial charge in [0.2, 0.25) is 5.91 Å². The van der Waals surface area contributed by atoms with Crippen LogP contribution in [0.1, 0.15) is 49.4 Å². The quantitative estimate of drug-likeness (QED) is 0.733. The van der Waals surface area contributed by atoms with E-state index in [9.17, 15) is 10.1 Å². The number of pyridine rings is 1. The summed E-state index contributed by atoms with van der Waals surface area (Å²) in [5.74, 6) is 0.768. The Bertz CT molecular complexity index is 908. The van der Waals surface area contributed by atoms with Crippen LogP contribution >= 0.6 is 0 Å². The molecule has 2 heterocycles. The van der Waals surface area contributed by atoms with Gasteiger partial charge in [-0.3, -0.25) is 9.78 Å². The molecule has 148 valence electrons. The lowest BCUT2D eigenvalue weighted by atomic mass is 10.0. The summed E-state index contributed by atoms with van der Waals surface area (Å²) in [4.78, 5) is 21.5. The van der Waals surface area contributed by atoms with E-state index in [0.717, 1.165) is 29.9 Å². The van der Waals surface area contributed by atoms with Gasteiger partial charge in [-0.25, -0.2) is 0 Å². The van der Waals surface area contributed by atoms with E-state index >= 15 is 0 Å². The highest BCUT2D eigenvalue weighted by atomic mass is 16.5. The number of carbonyl (C=O) groups excluding carboxylic acids is 1. The highest BCUT2D eigenvalue weighted by molar-refractivity contribution is 5.90. The van der Waals surface area contributed by atoms with Crippen LogP contribution in [0.25, 0.3) is 0 Å². The molecule has 1 aliphatic rings. The van der Waals surface area contributed by atoms with Crippen molar-refractivity contribution in [2.45, 2.75) is 52.0 Å². The van der Waals surface area contributed by atoms with Crippen LogP contribution < -0.4 is 4.90 Å². The molecule has 7 heteroatoms. The Balaban J connectivity index is 1.75. The van der Waals surface area contributed by atoms with Gasteiger partial charge in [0.05, 0.1) is 16.9 Å². The molecule has 2 aromatic heterocycles. The van der Waals surface area contributed by atoms with E-state index in [1.54, 1.807) is 6.20 Å². The molecule has 0 unspecified atom stereocenters. The molecule has 0 aliphatic heterocycles. The van der Waals surface area contributed by atoms with E-state index in [2.05, 4.69) is 16.2 Å². The Hall–Kier alpha value is -2.88. The van der Waals surface area contributed by atoms with E-state index in [1.165, 1.54) is 0 Å². The Morgan fingerprint density at radius 3 is 2.54 bits per heavy atom. The smallest absolute Gasteiger partial charge is 0.236 e. The predicted molar refractivity (Wildman–Crippen MR) is 106 cm³/mol. The molecule has 0 aromatic carbocycles. The van der Waals surface area contributed by atoms with Crippen molar-refractivity contribution in [1.82, 2.24) is 15.0 Å². The summed E-state index contributed by atoms with van der Waals surface area (Å²) in [6, 6.07) is 6.03. The number of nitrogens with zero attached hydrogens (tertiary/aromatic N) is 5. The van der Waals surface area contributed by atoms with Crippen molar-refractivity contribution in [2.24, 2.45) is 0 Å². The number of hydrogen-bond acceptors (Lipinski definition) is 6. The molecule has 0 N–H and O–H groups in total. The number of amides is 1. The first kappa shape index (κ1) is 19.9. The van der Waals surface area contributed by atoms with Crippen LogP contribution in [-0.2, 0) is 10.2 Å². The van der Waals surface area contributed by atoms with Crippen LogP contribution in [0, 0.1) is 25.2 Å². The number of aromatic nitrogens is 2. The number of rotatable bonds is 7. The Morgan fingerprint density at radius 2 is 2.00 bits per heavy atom. The van der Waals surface area contributed by atoms with Crippen molar-refractivity contribution in [3.63, 3.8) is 0 Å². The van der Waals surface area contributed by atoms with Gasteiger partial charge >= 0.3 is 0 Å². The number of nitriles is 1. The minimum Gasteiger partial charge on any atom is -0.372 e. The molecule has 1 fully saturated rings. The van der Waals surface area contributed by atoms with Gasteiger partial charge in [0.25, 0.3) is 0 Å². The molecule has 1 amide bonds. The predicted octanol–water partition coefficient (Wildman–Crippen LogP) is 2.96. The fourth-order valence-corrected chi connectivity index (χ4v) is 3.47. The Morgan fingerprint density at radius 1 is 1.29 bits per heavy atom. The van der Waals surface area contributed by atoms with Gasteiger partial charge in [-0.2, -0.15) is 5.26 Å². The van der Waals surface area contributed by atoms with Crippen molar-refractivity contribution in [2.75, 3.05) is 25.0 Å². The van der Waals surface area contributed by atoms with Crippen molar-refractivity contribution in [3.8, 4) is 6.07 Å². The van der Waals surface area contributed by atoms with Gasteiger partial charge in [-0.05, 0) is 46.6 Å². The van der Waals surface area contributed by atoms with Crippen LogP contribution in [-0.4, -0.2) is 47.1 Å². The molecular formula is C21H27N5O2. The third-order valence-corrected chi connectivity index (χ3v) is 5.37. The van der Waals surface area contributed by atoms with Crippen LogP contribution in [0.2, 0.25) is 0 Å². The molecule has 7 nitrogen and oxygen atoms in total. The molecule has 1 aliphatic carbocycles. The average Bonchev–Trinajstić information content (AvgIpc) is 3.36. The number of carbonyl (C=O) groups is 1. The molecule has 0 atom stereocenters. The fraction of sp³-hybridized carbons (Fsp3) is 0.524. The molecule has 0 radical (unpaired) electrons. The maximum Gasteiger partial charge on any atom is 0.236 e. The van der Waals surface area contributed by atoms with E-state index in [0.29, 0.717) is 24.4 Å². The lowest BCUT2D eigenvalue weighted by molar-refractivity contribution is -0.136. The molecule has 3 rings (SSSR count). The molecular weight excluding hydrogens is 354 g/mol. The Kier molecular flexibility index (Phi) is 5.41. The van der Waals surface area contributed by atoms with E-state index in [4.69, 9.17) is 4.52 Å². The SMILES string of the molecule is Cc1cc(N(C)CCN(C(=O)C2(c3cc(C)no3)CC2)C(C)C)c(C#N)cn1. The zero-order chi connectivity index (χ0) is 20.5. The van der Waals surface area contributed by atoms with Crippen molar-refractivity contribution < 1.29 is 9.32 Å². The number of likely N-dealkylation sites (N-methyl/N-ethyl adjacent to an activating group) is 1. The maximum atomic E-state index is 13.4. The minimum atomic E-state index is -0.560. The average molecular weight is 381 g/mol. The van der Waals surface area contributed by atoms with Crippen LogP contribution in [0.5, 0.6) is 0 Å². The standard InChI is InChI=1S/C21H27N5O2/c1-14(2)26(20(27)21(6-7-21)19-11-16(4)24-28-19)9-8-25(5)18-10-15(3)23-13-17(18)12-22/h10-11,13-14H,6-9H2,1-5H3. The molecule has 0 spiro atoms. The fourth-order valence-electron chi connectivity index (χ4n) is 3.47. The second kappa shape index (κ2) is 7.63. The number of hydrogen-bond donors (Lipinski definition) is 0. The summed E-state index contributed by atoms with van der Waals surface area (Å²) in [5.41, 5.74) is 2.46. The van der Waals surface area contributed by atoms with Crippen LogP contribution in [0.15, 0.2) is 22.9 Å². The van der Waals surface area contributed by atoms with Crippen LogP contribution in [0.4, 0.5) is 5.69 Å².